The van der Waals surface area contributed by atoms with Crippen LogP contribution in [0.4, 0.5) is 5.82 Å². The normalized spacial score (nSPS) is 11.1. The second-order valence-electron chi connectivity index (χ2n) is 7.22. The molecule has 152 valence electrons. The fraction of sp³-hybridized carbons (Fsp3) is 0.217. The van der Waals surface area contributed by atoms with Crippen LogP contribution >= 0.6 is 0 Å². The molecular weight excluding hydrogens is 378 g/mol. The highest BCUT2D eigenvalue weighted by Crippen LogP contribution is 2.15. The number of benzene rings is 1. The number of nitrogen functional groups attached to an aromatic ring is 1. The van der Waals surface area contributed by atoms with Crippen LogP contribution in [0.15, 0.2) is 59.5 Å². The lowest BCUT2D eigenvalue weighted by atomic mass is 10.1. The number of nitrogens with zero attached hydrogens (tertiary/aromatic N) is 3. The van der Waals surface area contributed by atoms with E-state index in [2.05, 4.69) is 10.3 Å². The number of aryl methyl sites for hydroxylation is 2. The maximum atomic E-state index is 13.1. The van der Waals surface area contributed by atoms with Crippen LogP contribution in [0.25, 0.3) is 16.7 Å². The van der Waals surface area contributed by atoms with Crippen molar-refractivity contribution in [2.45, 2.75) is 26.8 Å². The van der Waals surface area contributed by atoms with Crippen molar-refractivity contribution in [3.8, 4) is 0 Å². The molecule has 3 N–H and O–H groups in total. The monoisotopic (exact) mass is 402 g/mol. The van der Waals surface area contributed by atoms with Crippen molar-refractivity contribution in [1.82, 2.24) is 14.7 Å². The third-order valence-corrected chi connectivity index (χ3v) is 5.28. The summed E-state index contributed by atoms with van der Waals surface area (Å²) in [4.78, 5) is 30.7. The number of hydrogen-bond donors (Lipinski definition) is 2. The summed E-state index contributed by atoms with van der Waals surface area (Å²) < 4.78 is 3.22. The molecule has 0 aliphatic rings. The Kier molecular flexibility index (Phi) is 5.18. The standard InChI is InChI=1S/C23H23N5O2/c1-3-27-19(24)17(22(29)25-12-11-16-9-5-4-6-10-16)14-18-21(27)26-20-15(2)8-7-13-28(20)23(18)30/h4-10,13-14,24H,3,11-12H2,1-2H3,(H,25,29)/p+1. The Labute approximate surface area is 173 Å². The molecule has 1 aromatic carbocycles. The zero-order valence-corrected chi connectivity index (χ0v) is 17.1. The van der Waals surface area contributed by atoms with Crippen molar-refractivity contribution in [2.75, 3.05) is 12.3 Å². The Morgan fingerprint density at radius 1 is 1.20 bits per heavy atom. The number of nitrogens with two attached hydrogens (primary N) is 1. The lowest BCUT2D eigenvalue weighted by Gasteiger charge is -2.11. The smallest absolute Gasteiger partial charge is 0.278 e. The van der Waals surface area contributed by atoms with Crippen molar-refractivity contribution in [1.29, 1.82) is 0 Å². The first-order valence-corrected chi connectivity index (χ1v) is 9.97. The summed E-state index contributed by atoms with van der Waals surface area (Å²) in [5.74, 6) is -0.00619. The third-order valence-electron chi connectivity index (χ3n) is 5.28. The van der Waals surface area contributed by atoms with Gasteiger partial charge in [-0.2, -0.15) is 0 Å². The number of amides is 1. The summed E-state index contributed by atoms with van der Waals surface area (Å²) in [5, 5.41) is 3.27. The second-order valence-corrected chi connectivity index (χ2v) is 7.22. The molecule has 0 spiro atoms. The highest BCUT2D eigenvalue weighted by molar-refractivity contribution is 6.00. The predicted molar refractivity (Wildman–Crippen MR) is 116 cm³/mol. The molecule has 0 radical (unpaired) electrons. The Morgan fingerprint density at radius 2 is 1.97 bits per heavy atom. The van der Waals surface area contributed by atoms with Crippen LogP contribution in [0.2, 0.25) is 0 Å². The van der Waals surface area contributed by atoms with Gasteiger partial charge in [-0.1, -0.05) is 41.4 Å². The summed E-state index contributed by atoms with van der Waals surface area (Å²) in [5.41, 5.74) is 9.48. The summed E-state index contributed by atoms with van der Waals surface area (Å²) in [6.45, 7) is 4.78. The van der Waals surface area contributed by atoms with Gasteiger partial charge >= 0.3 is 0 Å². The minimum atomic E-state index is -0.304. The van der Waals surface area contributed by atoms with Gasteiger partial charge in [0.05, 0.1) is 6.54 Å². The molecule has 0 fully saturated rings. The first-order valence-electron chi connectivity index (χ1n) is 9.97. The van der Waals surface area contributed by atoms with Crippen molar-refractivity contribution < 1.29 is 9.36 Å². The van der Waals surface area contributed by atoms with Crippen LogP contribution in [0.3, 0.4) is 0 Å². The van der Waals surface area contributed by atoms with E-state index in [1.165, 1.54) is 4.40 Å². The summed E-state index contributed by atoms with van der Waals surface area (Å²) in [7, 11) is 0. The summed E-state index contributed by atoms with van der Waals surface area (Å²) >= 11 is 0. The number of rotatable bonds is 5. The van der Waals surface area contributed by atoms with Gasteiger partial charge in [0.2, 0.25) is 11.5 Å². The van der Waals surface area contributed by atoms with E-state index < -0.39 is 0 Å². The molecular formula is C23H24N5O2+. The Balaban J connectivity index is 1.76. The van der Waals surface area contributed by atoms with Crippen molar-refractivity contribution in [3.63, 3.8) is 0 Å². The zero-order valence-electron chi connectivity index (χ0n) is 17.1. The van der Waals surface area contributed by atoms with Gasteiger partial charge in [-0.3, -0.25) is 14.0 Å². The van der Waals surface area contributed by atoms with Gasteiger partial charge in [0.15, 0.2) is 0 Å². The average molecular weight is 402 g/mol. The largest absolute Gasteiger partial charge is 0.351 e. The van der Waals surface area contributed by atoms with Gasteiger partial charge in [-0.25, -0.2) is 4.57 Å². The molecule has 1 amide bonds. The minimum absolute atomic E-state index is 0.223. The van der Waals surface area contributed by atoms with Gasteiger partial charge in [-0.05, 0) is 38.0 Å². The van der Waals surface area contributed by atoms with Crippen LogP contribution in [0.5, 0.6) is 0 Å². The second kappa shape index (κ2) is 7.94. The highest BCUT2D eigenvalue weighted by atomic mass is 16.1. The molecule has 3 aromatic heterocycles. The molecule has 0 aliphatic heterocycles. The molecule has 0 unspecified atom stereocenters. The quantitative estimate of drug-likeness (QED) is 0.395. The van der Waals surface area contributed by atoms with Crippen molar-refractivity contribution in [2.24, 2.45) is 0 Å². The number of carbonyl (C=O) groups excluding carboxylic acids is 1. The van der Waals surface area contributed by atoms with Gasteiger partial charge in [0, 0.05) is 18.3 Å². The molecule has 0 saturated heterocycles. The van der Waals surface area contributed by atoms with Crippen LogP contribution < -0.4 is 21.2 Å². The van der Waals surface area contributed by atoms with E-state index in [0.717, 1.165) is 11.1 Å². The average Bonchev–Trinajstić information content (AvgIpc) is 2.75. The molecule has 30 heavy (non-hydrogen) atoms. The molecule has 4 aromatic rings. The number of fused-ring (bicyclic) bond motifs is 2. The van der Waals surface area contributed by atoms with Gasteiger partial charge in [-0.15, -0.1) is 0 Å². The number of anilines is 1. The first-order chi connectivity index (χ1) is 14.5. The fourth-order valence-corrected chi connectivity index (χ4v) is 3.67. The van der Waals surface area contributed by atoms with Crippen molar-refractivity contribution in [3.05, 3.63) is 81.8 Å². The molecule has 0 saturated carbocycles. The van der Waals surface area contributed by atoms with E-state index >= 15 is 0 Å². The van der Waals surface area contributed by atoms with E-state index in [9.17, 15) is 9.59 Å². The predicted octanol–water partition coefficient (Wildman–Crippen LogP) is 2.02. The van der Waals surface area contributed by atoms with E-state index in [-0.39, 0.29) is 17.0 Å². The molecule has 3 heterocycles. The Bertz CT molecular complexity index is 1310. The maximum absolute atomic E-state index is 13.1. The van der Waals surface area contributed by atoms with E-state index in [1.54, 1.807) is 22.9 Å². The van der Waals surface area contributed by atoms with Crippen LogP contribution in [0.1, 0.15) is 28.4 Å². The van der Waals surface area contributed by atoms with Gasteiger partial charge < -0.3 is 11.1 Å². The van der Waals surface area contributed by atoms with E-state index in [0.29, 0.717) is 42.0 Å². The minimum Gasteiger partial charge on any atom is -0.351 e. The van der Waals surface area contributed by atoms with Crippen LogP contribution in [-0.4, -0.2) is 21.8 Å². The topological polar surface area (TPSA) is 93.4 Å². The Morgan fingerprint density at radius 3 is 2.70 bits per heavy atom. The fourth-order valence-electron chi connectivity index (χ4n) is 3.67. The SMILES string of the molecule is CC[n+]1c(N)c(C(=O)NCCc2ccccc2)cc2c(=O)n3cccc(C)c3nc21. The third kappa shape index (κ3) is 3.39. The lowest BCUT2D eigenvalue weighted by molar-refractivity contribution is -0.655. The Hall–Kier alpha value is -3.74. The summed E-state index contributed by atoms with van der Waals surface area (Å²) in [6, 6.07) is 15.2. The number of nitrogens with one attached hydrogen (secondary N) is 1. The summed E-state index contributed by atoms with van der Waals surface area (Å²) in [6.07, 6.45) is 2.39. The molecule has 7 heteroatoms. The van der Waals surface area contributed by atoms with Crippen LogP contribution in [0, 0.1) is 6.92 Å². The van der Waals surface area contributed by atoms with E-state index in [4.69, 9.17) is 5.73 Å². The molecule has 7 nitrogen and oxygen atoms in total. The lowest BCUT2D eigenvalue weighted by Crippen LogP contribution is -2.42. The van der Waals surface area contributed by atoms with Gasteiger partial charge in [0.25, 0.3) is 17.1 Å². The van der Waals surface area contributed by atoms with E-state index in [1.807, 2.05) is 50.2 Å². The molecule has 0 atom stereocenters. The molecule has 0 bridgehead atoms. The highest BCUT2D eigenvalue weighted by Gasteiger charge is 2.23. The molecule has 0 aliphatic carbocycles. The van der Waals surface area contributed by atoms with Crippen LogP contribution in [-0.2, 0) is 13.0 Å². The first kappa shape index (κ1) is 19.6. The molecule has 4 rings (SSSR count). The zero-order chi connectivity index (χ0) is 21.3. The maximum Gasteiger partial charge on any atom is 0.278 e. The number of carbonyl (C=O) groups is 1. The number of hydrogen-bond acceptors (Lipinski definition) is 4. The van der Waals surface area contributed by atoms with Gasteiger partial charge in [0.1, 0.15) is 10.9 Å². The number of pyridine rings is 2. The van der Waals surface area contributed by atoms with Crippen molar-refractivity contribution >= 4 is 28.4 Å². The number of aromatic nitrogens is 3.